The van der Waals surface area contributed by atoms with Crippen LogP contribution in [0.4, 0.5) is 5.69 Å². The quantitative estimate of drug-likeness (QED) is 0.718. The zero-order valence-electron chi connectivity index (χ0n) is 12.5. The normalized spacial score (nSPS) is 21.1. The van der Waals surface area contributed by atoms with Crippen LogP contribution in [-0.2, 0) is 4.79 Å². The Morgan fingerprint density at radius 3 is 2.48 bits per heavy atom. The van der Waals surface area contributed by atoms with Gasteiger partial charge in [-0.15, -0.1) is 0 Å². The Morgan fingerprint density at radius 2 is 1.90 bits per heavy atom. The molecule has 1 amide bonds. The van der Waals surface area contributed by atoms with Crippen LogP contribution >= 0.6 is 0 Å². The molecule has 2 fully saturated rings. The summed E-state index contributed by atoms with van der Waals surface area (Å²) in [6.45, 7) is 5.87. The molecule has 1 saturated heterocycles. The number of piperazine rings is 1. The molecule has 5 nitrogen and oxygen atoms in total. The van der Waals surface area contributed by atoms with Crippen molar-refractivity contribution >= 4 is 11.6 Å². The Morgan fingerprint density at radius 1 is 1.29 bits per heavy atom. The first-order valence-corrected chi connectivity index (χ1v) is 7.82. The number of phenolic OH excluding ortho intramolecular Hbond substituents is 1. The first-order chi connectivity index (χ1) is 10.1. The number of amides is 1. The Hall–Kier alpha value is -1.75. The number of carbonyl (C=O) groups excluding carboxylic acids is 1. The first-order valence-electron chi connectivity index (χ1n) is 7.82. The lowest BCUT2D eigenvalue weighted by atomic mass is 10.2. The van der Waals surface area contributed by atoms with Gasteiger partial charge in [0.1, 0.15) is 5.75 Å². The van der Waals surface area contributed by atoms with Crippen LogP contribution in [0.1, 0.15) is 19.8 Å². The van der Waals surface area contributed by atoms with Gasteiger partial charge in [-0.1, -0.05) is 0 Å². The smallest absolute Gasteiger partial charge is 0.278 e. The molecule has 1 aromatic carbocycles. The van der Waals surface area contributed by atoms with Crippen molar-refractivity contribution in [2.24, 2.45) is 0 Å². The van der Waals surface area contributed by atoms with Crippen LogP contribution in [0, 0.1) is 0 Å². The Labute approximate surface area is 125 Å². The number of aromatic hydroxyl groups is 1. The van der Waals surface area contributed by atoms with E-state index in [-0.39, 0.29) is 11.9 Å². The highest BCUT2D eigenvalue weighted by Crippen LogP contribution is 2.19. The van der Waals surface area contributed by atoms with Crippen molar-refractivity contribution in [2.75, 3.05) is 31.1 Å². The molecule has 21 heavy (non-hydrogen) atoms. The van der Waals surface area contributed by atoms with E-state index in [9.17, 15) is 9.90 Å². The van der Waals surface area contributed by atoms with Crippen molar-refractivity contribution < 1.29 is 14.8 Å². The molecule has 0 aromatic heterocycles. The maximum atomic E-state index is 12.1. The Balaban J connectivity index is 1.52. The third kappa shape index (κ3) is 3.47. The molecule has 0 spiro atoms. The second-order valence-electron chi connectivity index (χ2n) is 6.17. The van der Waals surface area contributed by atoms with Crippen molar-refractivity contribution in [1.82, 2.24) is 5.32 Å². The summed E-state index contributed by atoms with van der Waals surface area (Å²) < 4.78 is 0. The minimum Gasteiger partial charge on any atom is -0.508 e. The van der Waals surface area contributed by atoms with Crippen LogP contribution in [-0.4, -0.2) is 49.3 Å². The van der Waals surface area contributed by atoms with Crippen LogP contribution < -0.4 is 15.1 Å². The van der Waals surface area contributed by atoms with Gasteiger partial charge in [-0.2, -0.15) is 0 Å². The molecule has 0 radical (unpaired) electrons. The fraction of sp³-hybridized carbons (Fsp3) is 0.562. The maximum absolute atomic E-state index is 12.1. The average molecular weight is 290 g/mol. The maximum Gasteiger partial charge on any atom is 0.278 e. The van der Waals surface area contributed by atoms with Crippen molar-refractivity contribution in [3.05, 3.63) is 24.3 Å². The molecule has 114 valence electrons. The second kappa shape index (κ2) is 5.93. The van der Waals surface area contributed by atoms with Crippen molar-refractivity contribution in [3.8, 4) is 5.75 Å². The van der Waals surface area contributed by atoms with Gasteiger partial charge in [-0.25, -0.2) is 0 Å². The van der Waals surface area contributed by atoms with E-state index in [4.69, 9.17) is 0 Å². The van der Waals surface area contributed by atoms with Crippen LogP contribution in [0.15, 0.2) is 24.3 Å². The summed E-state index contributed by atoms with van der Waals surface area (Å²) in [6, 6.07) is 7.82. The Bertz CT molecular complexity index is 491. The van der Waals surface area contributed by atoms with Crippen molar-refractivity contribution in [3.63, 3.8) is 0 Å². The predicted octanol–water partition coefficient (Wildman–Crippen LogP) is -0.236. The second-order valence-corrected chi connectivity index (χ2v) is 6.17. The third-order valence-corrected chi connectivity index (χ3v) is 4.55. The minimum atomic E-state index is 0.0348. The van der Waals surface area contributed by atoms with Crippen molar-refractivity contribution in [1.29, 1.82) is 0 Å². The van der Waals surface area contributed by atoms with Crippen LogP contribution in [0.25, 0.3) is 0 Å². The monoisotopic (exact) mass is 290 g/mol. The van der Waals surface area contributed by atoms with Gasteiger partial charge >= 0.3 is 0 Å². The largest absolute Gasteiger partial charge is 0.508 e. The zero-order valence-corrected chi connectivity index (χ0v) is 12.5. The molecule has 2 aliphatic rings. The summed E-state index contributed by atoms with van der Waals surface area (Å²) >= 11 is 0. The summed E-state index contributed by atoms with van der Waals surface area (Å²) in [6.07, 6.45) is 2.28. The van der Waals surface area contributed by atoms with Crippen LogP contribution in [0.2, 0.25) is 0 Å². The lowest BCUT2D eigenvalue weighted by Crippen LogP contribution is -3.19. The van der Waals surface area contributed by atoms with E-state index in [1.165, 1.54) is 4.90 Å². The van der Waals surface area contributed by atoms with E-state index in [0.29, 0.717) is 11.8 Å². The van der Waals surface area contributed by atoms with Gasteiger partial charge in [0.05, 0.1) is 26.2 Å². The van der Waals surface area contributed by atoms with Gasteiger partial charge in [0, 0.05) is 11.7 Å². The molecule has 1 aliphatic carbocycles. The summed E-state index contributed by atoms with van der Waals surface area (Å²) in [5, 5.41) is 12.4. The summed E-state index contributed by atoms with van der Waals surface area (Å²) in [5.41, 5.74) is 1.14. The summed E-state index contributed by atoms with van der Waals surface area (Å²) in [7, 11) is 0. The van der Waals surface area contributed by atoms with E-state index >= 15 is 0 Å². The number of nitrogens with zero attached hydrogens (tertiary/aromatic N) is 1. The summed E-state index contributed by atoms with van der Waals surface area (Å²) in [5.74, 6) is 0.499. The molecule has 1 heterocycles. The number of hydrogen-bond donors (Lipinski definition) is 3. The first kappa shape index (κ1) is 14.2. The van der Waals surface area contributed by atoms with Crippen LogP contribution in [0.5, 0.6) is 5.75 Å². The SMILES string of the molecule is C[C@H](C(=O)NC1CC1)[NH+]1CCN(c2ccc(O)cc2)CC1. The minimum absolute atomic E-state index is 0.0348. The molecular weight excluding hydrogens is 266 g/mol. The van der Waals surface area contributed by atoms with Gasteiger partial charge in [-0.05, 0) is 44.0 Å². The number of anilines is 1. The molecule has 0 unspecified atom stereocenters. The van der Waals surface area contributed by atoms with Crippen molar-refractivity contribution in [2.45, 2.75) is 31.8 Å². The van der Waals surface area contributed by atoms with E-state index in [2.05, 4.69) is 10.2 Å². The molecule has 3 N–H and O–H groups in total. The lowest BCUT2D eigenvalue weighted by Gasteiger charge is -2.36. The van der Waals surface area contributed by atoms with Gasteiger partial charge in [0.15, 0.2) is 6.04 Å². The highest BCUT2D eigenvalue weighted by Gasteiger charge is 2.32. The zero-order chi connectivity index (χ0) is 14.8. The molecule has 5 heteroatoms. The molecule has 1 aliphatic heterocycles. The number of benzene rings is 1. The third-order valence-electron chi connectivity index (χ3n) is 4.55. The molecule has 3 rings (SSSR count). The van der Waals surface area contributed by atoms with Gasteiger partial charge in [-0.3, -0.25) is 4.79 Å². The average Bonchev–Trinajstić information content (AvgIpc) is 3.31. The number of quaternary nitrogens is 1. The fourth-order valence-electron chi connectivity index (χ4n) is 2.89. The molecule has 1 saturated carbocycles. The predicted molar refractivity (Wildman–Crippen MR) is 81.6 cm³/mol. The van der Waals surface area contributed by atoms with Gasteiger partial charge < -0.3 is 20.2 Å². The van der Waals surface area contributed by atoms with E-state index in [1.807, 2.05) is 19.1 Å². The Kier molecular flexibility index (Phi) is 4.01. The molecule has 1 atom stereocenters. The highest BCUT2D eigenvalue weighted by atomic mass is 16.3. The molecule has 0 bridgehead atoms. The highest BCUT2D eigenvalue weighted by molar-refractivity contribution is 5.80. The fourth-order valence-corrected chi connectivity index (χ4v) is 2.89. The van der Waals surface area contributed by atoms with E-state index in [0.717, 1.165) is 44.7 Å². The lowest BCUT2D eigenvalue weighted by molar-refractivity contribution is -0.914. The number of hydrogen-bond acceptors (Lipinski definition) is 3. The standard InChI is InChI=1S/C16H23N3O2/c1-12(16(21)17-13-2-3-13)18-8-10-19(11-9-18)14-4-6-15(20)7-5-14/h4-7,12-13,20H,2-3,8-11H2,1H3,(H,17,21)/p+1/t12-/m1/s1. The number of phenols is 1. The van der Waals surface area contributed by atoms with Gasteiger partial charge in [0.25, 0.3) is 5.91 Å². The van der Waals surface area contributed by atoms with Gasteiger partial charge in [0.2, 0.25) is 0 Å². The summed E-state index contributed by atoms with van der Waals surface area (Å²) in [4.78, 5) is 15.8. The number of rotatable bonds is 4. The van der Waals surface area contributed by atoms with E-state index < -0.39 is 0 Å². The molecule has 1 aromatic rings. The molecular formula is C16H24N3O2+. The number of nitrogens with one attached hydrogen (secondary N) is 2. The number of carbonyl (C=O) groups is 1. The van der Waals surface area contributed by atoms with Crippen LogP contribution in [0.3, 0.4) is 0 Å². The van der Waals surface area contributed by atoms with E-state index in [1.54, 1.807) is 12.1 Å². The topological polar surface area (TPSA) is 57.0 Å².